The molecule has 1 aliphatic heterocycles. The molecule has 9 nitrogen and oxygen atoms in total. The van der Waals surface area contributed by atoms with Crippen LogP contribution in [0.4, 0.5) is 13.2 Å². The van der Waals surface area contributed by atoms with E-state index in [0.717, 1.165) is 37.8 Å². The maximum Gasteiger partial charge on any atom is 0.416 e. The average molecular weight is 611 g/mol. The number of amides is 1. The molecular formula is C32H33F3N4O5. The van der Waals surface area contributed by atoms with Crippen LogP contribution in [0.2, 0.25) is 0 Å². The molecule has 1 saturated heterocycles. The molecule has 2 N–H and O–H groups in total. The molecule has 232 valence electrons. The molecular weight excluding hydrogens is 577 g/mol. The normalized spacial score (nSPS) is 17.6. The highest BCUT2D eigenvalue weighted by Gasteiger charge is 2.43. The highest BCUT2D eigenvalue weighted by Crippen LogP contribution is 2.37. The van der Waals surface area contributed by atoms with E-state index in [1.807, 2.05) is 12.1 Å². The third kappa shape index (κ3) is 6.54. The molecule has 0 bridgehead atoms. The number of nitrogens with two attached hydrogens (primary N) is 1. The molecule has 1 fully saturated rings. The van der Waals surface area contributed by atoms with Crippen LogP contribution in [0.3, 0.4) is 0 Å². The van der Waals surface area contributed by atoms with E-state index < -0.39 is 35.9 Å². The van der Waals surface area contributed by atoms with E-state index >= 15 is 0 Å². The topological polar surface area (TPSA) is 121 Å². The minimum atomic E-state index is -4.49. The van der Waals surface area contributed by atoms with Crippen molar-refractivity contribution >= 4 is 33.9 Å². The molecule has 0 radical (unpaired) electrons. The third-order valence-electron chi connectivity index (χ3n) is 7.70. The largest absolute Gasteiger partial charge is 0.470 e. The van der Waals surface area contributed by atoms with Gasteiger partial charge in [0.2, 0.25) is 11.5 Å². The first kappa shape index (κ1) is 31.0. The number of esters is 1. The Kier molecular flexibility index (Phi) is 9.19. The van der Waals surface area contributed by atoms with Crippen molar-refractivity contribution in [2.45, 2.75) is 62.9 Å². The summed E-state index contributed by atoms with van der Waals surface area (Å²) in [6.45, 7) is 3.76. The van der Waals surface area contributed by atoms with Crippen LogP contribution in [-0.4, -0.2) is 58.6 Å². The summed E-state index contributed by atoms with van der Waals surface area (Å²) in [7, 11) is 1.25. The Hall–Kier alpha value is -4.45. The number of alkyl halides is 3. The van der Waals surface area contributed by atoms with Gasteiger partial charge in [0, 0.05) is 17.4 Å². The van der Waals surface area contributed by atoms with Crippen LogP contribution < -0.4 is 10.5 Å². The van der Waals surface area contributed by atoms with Gasteiger partial charge in [-0.2, -0.15) is 18.2 Å². The minimum absolute atomic E-state index is 0.0375. The number of halogens is 3. The summed E-state index contributed by atoms with van der Waals surface area (Å²) >= 11 is 0. The molecule has 3 atom stereocenters. The lowest BCUT2D eigenvalue weighted by Gasteiger charge is -2.25. The van der Waals surface area contributed by atoms with Gasteiger partial charge in [-0.25, -0.2) is 9.78 Å². The number of hydrogen-bond acceptors (Lipinski definition) is 8. The van der Waals surface area contributed by atoms with Gasteiger partial charge in [-0.05, 0) is 43.5 Å². The number of benzene rings is 2. The highest BCUT2D eigenvalue weighted by atomic mass is 19.4. The molecule has 0 aliphatic carbocycles. The number of methoxy groups -OCH3 is 1. The van der Waals surface area contributed by atoms with E-state index in [1.165, 1.54) is 24.1 Å². The standard InChI is InChI=1S/C32H33F3N4O5/c1-3-4-5-6-7-11-23(36)30(40)39-18-21(17-24(39)31(41)42-2)43-29-27-26(22-10-8-9-12-25(22)44-27)37-28(38-29)19-13-15-20(16-14-19)32(33,34)35/h3,8-10,12-16,21,23-24H,1,4-7,11,17-18,36H2,2H3. The zero-order valence-corrected chi connectivity index (χ0v) is 24.2. The number of furan rings is 1. The number of unbranched alkanes of at least 4 members (excludes halogenated alkanes) is 3. The fourth-order valence-corrected chi connectivity index (χ4v) is 5.39. The molecule has 44 heavy (non-hydrogen) atoms. The number of allylic oxidation sites excluding steroid dienone is 1. The molecule has 1 amide bonds. The van der Waals surface area contributed by atoms with Crippen molar-refractivity contribution in [3.05, 3.63) is 66.7 Å². The van der Waals surface area contributed by atoms with Gasteiger partial charge in [0.15, 0.2) is 5.82 Å². The van der Waals surface area contributed by atoms with Crippen molar-refractivity contribution < 1.29 is 36.7 Å². The zero-order valence-electron chi connectivity index (χ0n) is 24.2. The number of carbonyl (C=O) groups is 2. The van der Waals surface area contributed by atoms with Gasteiger partial charge in [-0.3, -0.25) is 4.79 Å². The predicted molar refractivity (Wildman–Crippen MR) is 158 cm³/mol. The van der Waals surface area contributed by atoms with E-state index in [-0.39, 0.29) is 36.2 Å². The molecule has 2 aromatic heterocycles. The number of fused-ring (bicyclic) bond motifs is 3. The van der Waals surface area contributed by atoms with Crippen LogP contribution in [0, 0.1) is 0 Å². The summed E-state index contributed by atoms with van der Waals surface area (Å²) in [6.07, 6.45) is 0.763. The zero-order chi connectivity index (χ0) is 31.4. The van der Waals surface area contributed by atoms with Crippen LogP contribution in [-0.2, 0) is 20.5 Å². The fourth-order valence-electron chi connectivity index (χ4n) is 5.39. The lowest BCUT2D eigenvalue weighted by Crippen LogP contribution is -2.49. The van der Waals surface area contributed by atoms with E-state index in [2.05, 4.69) is 16.5 Å². The minimum Gasteiger partial charge on any atom is -0.470 e. The van der Waals surface area contributed by atoms with Crippen LogP contribution >= 0.6 is 0 Å². The number of para-hydroxylation sites is 1. The second-order valence-corrected chi connectivity index (χ2v) is 10.7. The molecule has 0 spiro atoms. The van der Waals surface area contributed by atoms with Crippen LogP contribution in [0.25, 0.3) is 33.5 Å². The first-order valence-corrected chi connectivity index (χ1v) is 14.4. The second-order valence-electron chi connectivity index (χ2n) is 10.7. The quantitative estimate of drug-likeness (QED) is 0.124. The lowest BCUT2D eigenvalue weighted by atomic mass is 10.1. The van der Waals surface area contributed by atoms with E-state index in [1.54, 1.807) is 18.2 Å². The van der Waals surface area contributed by atoms with Crippen LogP contribution in [0.15, 0.2) is 65.6 Å². The van der Waals surface area contributed by atoms with Gasteiger partial charge < -0.3 is 24.5 Å². The number of nitrogens with zero attached hydrogens (tertiary/aromatic N) is 3. The Balaban J connectivity index is 1.44. The van der Waals surface area contributed by atoms with Gasteiger partial charge in [-0.15, -0.1) is 6.58 Å². The van der Waals surface area contributed by atoms with Crippen LogP contribution in [0.5, 0.6) is 5.88 Å². The van der Waals surface area contributed by atoms with Gasteiger partial charge in [0.05, 0.1) is 25.3 Å². The van der Waals surface area contributed by atoms with Gasteiger partial charge in [0.1, 0.15) is 23.2 Å². The highest BCUT2D eigenvalue weighted by molar-refractivity contribution is 6.04. The number of carbonyl (C=O) groups excluding carboxylic acids is 2. The number of likely N-dealkylation sites (tertiary alicyclic amines) is 1. The van der Waals surface area contributed by atoms with Gasteiger partial charge in [0.25, 0.3) is 5.88 Å². The van der Waals surface area contributed by atoms with Crippen molar-refractivity contribution in [1.82, 2.24) is 14.9 Å². The summed E-state index contributed by atoms with van der Waals surface area (Å²) in [5, 5.41) is 0.664. The number of aromatic nitrogens is 2. The Morgan fingerprint density at radius 1 is 1.14 bits per heavy atom. The first-order chi connectivity index (χ1) is 21.1. The molecule has 1 aliphatic rings. The van der Waals surface area contributed by atoms with Crippen molar-refractivity contribution in [2.75, 3.05) is 13.7 Å². The maximum atomic E-state index is 13.4. The lowest BCUT2D eigenvalue weighted by molar-refractivity contribution is -0.151. The summed E-state index contributed by atoms with van der Waals surface area (Å²) in [5.74, 6) is -0.806. The fraction of sp³-hybridized carbons (Fsp3) is 0.375. The van der Waals surface area contributed by atoms with Crippen LogP contribution in [0.1, 0.15) is 44.1 Å². The van der Waals surface area contributed by atoms with E-state index in [4.69, 9.17) is 19.6 Å². The summed E-state index contributed by atoms with van der Waals surface area (Å²) in [6, 6.07) is 9.94. The van der Waals surface area contributed by atoms with Gasteiger partial charge >= 0.3 is 12.1 Å². The van der Waals surface area contributed by atoms with Crippen molar-refractivity contribution in [1.29, 1.82) is 0 Å². The number of hydrogen-bond donors (Lipinski definition) is 1. The van der Waals surface area contributed by atoms with Gasteiger partial charge in [-0.1, -0.05) is 43.2 Å². The average Bonchev–Trinajstić information content (AvgIpc) is 3.61. The van der Waals surface area contributed by atoms with E-state index in [9.17, 15) is 22.8 Å². The van der Waals surface area contributed by atoms with Crippen molar-refractivity contribution in [2.24, 2.45) is 5.73 Å². The second kappa shape index (κ2) is 13.0. The molecule has 3 unspecified atom stereocenters. The third-order valence-corrected chi connectivity index (χ3v) is 7.70. The van der Waals surface area contributed by atoms with E-state index in [0.29, 0.717) is 28.5 Å². The maximum absolute atomic E-state index is 13.4. The smallest absolute Gasteiger partial charge is 0.416 e. The molecule has 2 aromatic carbocycles. The molecule has 5 rings (SSSR count). The molecule has 0 saturated carbocycles. The monoisotopic (exact) mass is 610 g/mol. The summed E-state index contributed by atoms with van der Waals surface area (Å²) < 4.78 is 56.8. The predicted octanol–water partition coefficient (Wildman–Crippen LogP) is 6.05. The molecule has 4 aromatic rings. The Bertz CT molecular complexity index is 1650. The number of ether oxygens (including phenoxy) is 2. The SMILES string of the molecule is C=CCCCCCC(N)C(=O)N1CC(Oc2nc(-c3ccc(C(F)(F)F)cc3)nc3c2oc2ccccc23)CC1C(=O)OC. The van der Waals surface area contributed by atoms with Crippen molar-refractivity contribution in [3.63, 3.8) is 0 Å². The molecule has 12 heteroatoms. The Morgan fingerprint density at radius 3 is 2.59 bits per heavy atom. The summed E-state index contributed by atoms with van der Waals surface area (Å²) in [5.41, 5.74) is 6.94. The Labute approximate surface area is 251 Å². The first-order valence-electron chi connectivity index (χ1n) is 14.4. The summed E-state index contributed by atoms with van der Waals surface area (Å²) in [4.78, 5) is 36.6. The Morgan fingerprint density at radius 2 is 1.89 bits per heavy atom. The molecule has 3 heterocycles. The van der Waals surface area contributed by atoms with Crippen molar-refractivity contribution in [3.8, 4) is 17.3 Å². The number of rotatable bonds is 11.